The molecule has 0 N–H and O–H groups in total. The Morgan fingerprint density at radius 2 is 1.15 bits per heavy atom. The molecule has 0 unspecified atom stereocenters. The van der Waals surface area contributed by atoms with Gasteiger partial charge in [-0.25, -0.2) is 55.2 Å². The van der Waals surface area contributed by atoms with E-state index in [9.17, 15) is 77.2 Å². The molecule has 0 spiro atoms. The van der Waals surface area contributed by atoms with Crippen LogP contribution in [0.1, 0.15) is 6.42 Å². The molecule has 0 radical (unpaired) electrons. The van der Waals surface area contributed by atoms with Crippen molar-refractivity contribution in [2.75, 3.05) is 27.1 Å². The molecule has 230 valence electrons. The van der Waals surface area contributed by atoms with Crippen LogP contribution >= 0.6 is 0 Å². The van der Waals surface area contributed by atoms with Gasteiger partial charge in [0, 0.05) is 6.54 Å². The molecule has 13 nitrogen and oxygen atoms in total. The average molecular weight is 615 g/mol. The molecule has 40 heavy (non-hydrogen) atoms. The minimum Gasteiger partial charge on any atom is -0.434 e. The summed E-state index contributed by atoms with van der Waals surface area (Å²) in [5, 5.41) is 0. The van der Waals surface area contributed by atoms with E-state index >= 15 is 0 Å². The lowest BCUT2D eigenvalue weighted by atomic mass is 10.4. The van der Waals surface area contributed by atoms with Gasteiger partial charge in [0.2, 0.25) is 25.9 Å². The lowest BCUT2D eigenvalue weighted by molar-refractivity contribution is -0.245. The van der Waals surface area contributed by atoms with Crippen LogP contribution in [0.25, 0.3) is 0 Å². The molecule has 0 aliphatic carbocycles. The third-order valence-electron chi connectivity index (χ3n) is 3.06. The average Bonchev–Trinajstić information content (AvgIpc) is 2.84. The van der Waals surface area contributed by atoms with E-state index in [2.05, 4.69) is 19.7 Å². The highest BCUT2D eigenvalue weighted by Gasteiger charge is 2.28. The van der Waals surface area contributed by atoms with Gasteiger partial charge in [0.25, 0.3) is 0 Å². The van der Waals surface area contributed by atoms with Crippen molar-refractivity contribution in [3.05, 3.63) is 31.5 Å². The largest absolute Gasteiger partial charge is 0.434 e. The van der Waals surface area contributed by atoms with E-state index in [1.165, 1.54) is 0 Å². The molecular formula is C16H16F11N5O8. The standard InChI is InChI=1S/C11H10FN5O7.C2H2F4O.C2H2F4.CH2F2/c12-3-24-8(20)1-2-15-9(21)16(4-13-6-18)11(23)17(10(15)22)5-14-7-19;3-2(4,5)1-7-6;3-1-2(4,5)6;2-1-3/h1-5H2;1H2;1H2;1H2. The number of rotatable bonds is 9. The summed E-state index contributed by atoms with van der Waals surface area (Å²) in [7, 11) is 0. The summed E-state index contributed by atoms with van der Waals surface area (Å²) in [6.45, 7) is -9.19. The number of ether oxygens (including phenoxy) is 1. The van der Waals surface area contributed by atoms with Crippen LogP contribution in [0.2, 0.25) is 0 Å². The smallest absolute Gasteiger partial charge is 0.416 e. The van der Waals surface area contributed by atoms with Crippen molar-refractivity contribution < 1.29 is 72.5 Å². The Bertz CT molecular complexity index is 1090. The van der Waals surface area contributed by atoms with Crippen LogP contribution in [0.3, 0.4) is 0 Å². The zero-order valence-corrected chi connectivity index (χ0v) is 19.3. The van der Waals surface area contributed by atoms with Crippen molar-refractivity contribution in [3.63, 3.8) is 0 Å². The fourth-order valence-corrected chi connectivity index (χ4v) is 1.71. The molecule has 0 atom stereocenters. The molecule has 0 aromatic carbocycles. The predicted molar refractivity (Wildman–Crippen MR) is 104 cm³/mol. The molecule has 24 heteroatoms. The monoisotopic (exact) mass is 615 g/mol. The van der Waals surface area contributed by atoms with E-state index in [1.807, 2.05) is 0 Å². The van der Waals surface area contributed by atoms with Crippen LogP contribution < -0.4 is 17.1 Å². The van der Waals surface area contributed by atoms with E-state index in [-0.39, 0.29) is 0 Å². The zero-order valence-electron chi connectivity index (χ0n) is 19.3. The molecule has 1 rings (SSSR count). The van der Waals surface area contributed by atoms with E-state index < -0.39 is 88.8 Å². The van der Waals surface area contributed by atoms with Crippen molar-refractivity contribution in [3.8, 4) is 0 Å². The number of alkyl halides is 10. The highest BCUT2D eigenvalue weighted by Crippen LogP contribution is 2.14. The van der Waals surface area contributed by atoms with Crippen LogP contribution in [0, 0.1) is 0 Å². The lowest BCUT2D eigenvalue weighted by Gasteiger charge is -2.10. The maximum atomic E-state index is 12.1. The fraction of sp³-hybridized carbons (Fsp3) is 0.625. The summed E-state index contributed by atoms with van der Waals surface area (Å²) in [4.78, 5) is 76.0. The molecular weight excluding hydrogens is 599 g/mol. The predicted octanol–water partition coefficient (Wildman–Crippen LogP) is 1.47. The van der Waals surface area contributed by atoms with E-state index in [0.29, 0.717) is 13.7 Å². The van der Waals surface area contributed by atoms with Gasteiger partial charge in [0.05, 0.1) is 6.42 Å². The molecule has 0 aliphatic rings. The van der Waals surface area contributed by atoms with Gasteiger partial charge < -0.3 is 4.74 Å². The van der Waals surface area contributed by atoms with Gasteiger partial charge in [-0.2, -0.15) is 41.3 Å². The van der Waals surface area contributed by atoms with E-state index in [0.717, 1.165) is 12.2 Å². The highest BCUT2D eigenvalue weighted by molar-refractivity contribution is 5.69. The minimum atomic E-state index is -4.62. The quantitative estimate of drug-likeness (QED) is 0.175. The second-order valence-corrected chi connectivity index (χ2v) is 5.73. The van der Waals surface area contributed by atoms with E-state index in [1.54, 1.807) is 0 Å². The number of hydrogen-bond acceptors (Lipinski definition) is 10. The van der Waals surface area contributed by atoms with Crippen LogP contribution in [-0.2, 0) is 43.9 Å². The minimum absolute atomic E-state index is 0.396. The molecule has 1 heterocycles. The Hall–Kier alpha value is -4.17. The van der Waals surface area contributed by atoms with Crippen molar-refractivity contribution in [1.82, 2.24) is 13.7 Å². The van der Waals surface area contributed by atoms with Crippen molar-refractivity contribution in [2.24, 2.45) is 9.98 Å². The number of hydrogen-bond donors (Lipinski definition) is 0. The number of carbonyl (C=O) groups excluding carboxylic acids is 3. The zero-order chi connectivity index (χ0) is 31.9. The molecule has 0 aliphatic heterocycles. The number of nitrogens with zero attached hydrogens (tertiary/aromatic N) is 5. The van der Waals surface area contributed by atoms with Crippen molar-refractivity contribution in [2.45, 2.75) is 38.7 Å². The van der Waals surface area contributed by atoms with Crippen molar-refractivity contribution >= 4 is 18.1 Å². The molecule has 0 saturated carbocycles. The Morgan fingerprint density at radius 1 is 0.775 bits per heavy atom. The number of esters is 1. The summed E-state index contributed by atoms with van der Waals surface area (Å²) in [5.74, 6) is -1.02. The normalized spacial score (nSPS) is 10.2. The first-order valence-corrected chi connectivity index (χ1v) is 9.29. The second-order valence-electron chi connectivity index (χ2n) is 5.73. The first-order valence-electron chi connectivity index (χ1n) is 9.29. The molecule has 1 aromatic rings. The van der Waals surface area contributed by atoms with Crippen LogP contribution in [-0.4, -0.2) is 71.3 Å². The number of halogens is 11. The van der Waals surface area contributed by atoms with Gasteiger partial charge in [0.1, 0.15) is 13.3 Å². The van der Waals surface area contributed by atoms with Gasteiger partial charge in [-0.15, -0.1) is 0 Å². The van der Waals surface area contributed by atoms with Gasteiger partial charge in [0.15, 0.2) is 13.3 Å². The number of isocyanates is 2. The number of aromatic nitrogens is 3. The van der Waals surface area contributed by atoms with Crippen LogP contribution in [0.4, 0.5) is 48.4 Å². The van der Waals surface area contributed by atoms with Gasteiger partial charge in [-0.05, 0) is 4.53 Å². The Labute approximate surface area is 212 Å². The fourth-order valence-electron chi connectivity index (χ4n) is 1.71. The molecule has 1 aromatic heterocycles. The summed E-state index contributed by atoms with van der Waals surface area (Å²) in [6, 6.07) is 0. The summed E-state index contributed by atoms with van der Waals surface area (Å²) in [5.41, 5.74) is -3.50. The lowest BCUT2D eigenvalue weighted by Crippen LogP contribution is -2.54. The topological polar surface area (TPSA) is 160 Å². The third-order valence-corrected chi connectivity index (χ3v) is 3.06. The van der Waals surface area contributed by atoms with Crippen molar-refractivity contribution in [1.29, 1.82) is 0 Å². The van der Waals surface area contributed by atoms with Gasteiger partial charge >= 0.3 is 35.4 Å². The Morgan fingerprint density at radius 3 is 1.40 bits per heavy atom. The molecule has 0 fully saturated rings. The summed E-state index contributed by atoms with van der Waals surface area (Å²) < 4.78 is 120. The maximum absolute atomic E-state index is 12.1. The maximum Gasteiger partial charge on any atom is 0.416 e. The van der Waals surface area contributed by atoms with Crippen LogP contribution in [0.15, 0.2) is 24.4 Å². The van der Waals surface area contributed by atoms with Gasteiger partial charge in [-0.1, -0.05) is 0 Å². The first-order chi connectivity index (χ1) is 18.5. The summed E-state index contributed by atoms with van der Waals surface area (Å²) >= 11 is 0. The third kappa shape index (κ3) is 19.9. The molecule has 0 amide bonds. The number of aliphatic imine (C=N–C) groups is 2. The highest BCUT2D eigenvalue weighted by atomic mass is 19.4. The molecule has 0 bridgehead atoms. The van der Waals surface area contributed by atoms with Crippen LogP contribution in [0.5, 0.6) is 0 Å². The molecule has 0 saturated heterocycles. The summed E-state index contributed by atoms with van der Waals surface area (Å²) in [6.07, 6.45) is -7.48. The SMILES string of the molecule is FCC(F)(F)F.FCF.FOCC(F)(F)F.O=C=NCn1c(=O)n(CCC(=O)OCF)c(=O)n(CN=C=O)c1=O. The Balaban J connectivity index is -0.000000697. The first kappa shape index (κ1) is 40.3. The van der Waals surface area contributed by atoms with E-state index in [4.69, 9.17) is 0 Å². The number of carbonyl (C=O) groups is 1. The van der Waals surface area contributed by atoms with Gasteiger partial charge in [-0.3, -0.25) is 4.79 Å². The Kier molecular flexibility index (Phi) is 21.9. The second kappa shape index (κ2) is 21.7.